The van der Waals surface area contributed by atoms with E-state index in [1.165, 1.54) is 12.3 Å². The average Bonchev–Trinajstić information content (AvgIpc) is 2.19. The zero-order valence-electron chi connectivity index (χ0n) is 3.90. The van der Waals surface area contributed by atoms with Crippen LogP contribution >= 0.6 is 0 Å². The van der Waals surface area contributed by atoms with E-state index in [-0.39, 0.29) is 5.95 Å². The fourth-order valence-electron chi connectivity index (χ4n) is 0.352. The fourth-order valence-corrected chi connectivity index (χ4v) is 0.352. The molecule has 1 heterocycles. The number of nitrogens with zero attached hydrogens (tertiary/aromatic N) is 1. The highest BCUT2D eigenvalue weighted by Gasteiger charge is 1.91. The Labute approximate surface area is 45.0 Å². The summed E-state index contributed by atoms with van der Waals surface area (Å²) in [6.45, 7) is 0. The van der Waals surface area contributed by atoms with Crippen molar-refractivity contribution < 1.29 is 9.25 Å². The van der Waals surface area contributed by atoms with Crippen molar-refractivity contribution in [2.75, 3.05) is 0 Å². The molecule has 0 atom stereocenters. The van der Waals surface area contributed by atoms with Gasteiger partial charge < -0.3 is 4.42 Å². The summed E-state index contributed by atoms with van der Waals surface area (Å²) >= 11 is 0. The third-order valence-corrected chi connectivity index (χ3v) is 0.622. The first kappa shape index (κ1) is 4.83. The van der Waals surface area contributed by atoms with E-state index >= 15 is 0 Å². The first-order valence-corrected chi connectivity index (χ1v) is 1.96. The van der Waals surface area contributed by atoms with Gasteiger partial charge in [-0.05, 0) is 6.07 Å². The van der Waals surface area contributed by atoms with Gasteiger partial charge in [0.15, 0.2) is 5.34 Å². The topological polar surface area (TPSA) is 51.8 Å². The van der Waals surface area contributed by atoms with Gasteiger partial charge in [-0.1, -0.05) is 0 Å². The summed E-state index contributed by atoms with van der Waals surface area (Å²) in [5.74, 6) is 0.111. The summed E-state index contributed by atoms with van der Waals surface area (Å²) in [7, 11) is 0. The Bertz CT molecular complexity index is 158. The Hall–Kier alpha value is -1.32. The average molecular weight is 113 g/mol. The van der Waals surface area contributed by atoms with Gasteiger partial charge in [0.2, 0.25) is 0 Å². The van der Waals surface area contributed by atoms with Gasteiger partial charge in [0.25, 0.3) is 0 Å². The summed E-state index contributed by atoms with van der Waals surface area (Å²) in [5, 5.41) is 2.13. The quantitative estimate of drug-likeness (QED) is 0.429. The second-order valence-corrected chi connectivity index (χ2v) is 1.10. The van der Waals surface area contributed by atoms with Crippen molar-refractivity contribution in [3.05, 3.63) is 23.3 Å². The predicted molar refractivity (Wildman–Crippen MR) is 25.1 cm³/mol. The van der Waals surface area contributed by atoms with Crippen LogP contribution in [0, 0.1) is 4.91 Å². The minimum Gasteiger partial charge on any atom is -0.433 e. The Morgan fingerprint density at radius 3 is 3.12 bits per heavy atom. The molecule has 1 aromatic rings. The second-order valence-electron chi connectivity index (χ2n) is 1.10. The van der Waals surface area contributed by atoms with Gasteiger partial charge in [0, 0.05) is 6.07 Å². The molecule has 0 N–H and O–H groups in total. The van der Waals surface area contributed by atoms with Gasteiger partial charge in [0.1, 0.15) is 0 Å². The summed E-state index contributed by atoms with van der Waals surface area (Å²) in [5.41, 5.74) is 0. The van der Waals surface area contributed by atoms with E-state index < -0.39 is 0 Å². The molecule has 0 aromatic carbocycles. The van der Waals surface area contributed by atoms with Crippen molar-refractivity contribution >= 4 is 0 Å². The molecular formula is C4H3NO3. The van der Waals surface area contributed by atoms with Crippen molar-refractivity contribution in [3.63, 3.8) is 0 Å². The van der Waals surface area contributed by atoms with E-state index in [1.54, 1.807) is 6.07 Å². The third-order valence-electron chi connectivity index (χ3n) is 0.622. The van der Waals surface area contributed by atoms with Crippen LogP contribution in [0.4, 0.5) is 0 Å². The van der Waals surface area contributed by atoms with E-state index in [0.717, 1.165) is 0 Å². The lowest BCUT2D eigenvalue weighted by molar-refractivity contribution is 0.252. The van der Waals surface area contributed by atoms with E-state index in [2.05, 4.69) is 14.6 Å². The number of hydrogen-bond acceptors (Lipinski definition) is 4. The lowest BCUT2D eigenvalue weighted by Gasteiger charge is -1.80. The van der Waals surface area contributed by atoms with Crippen LogP contribution in [-0.2, 0) is 0 Å². The molecule has 0 amide bonds. The number of furan rings is 1. The van der Waals surface area contributed by atoms with Crippen molar-refractivity contribution in [2.45, 2.75) is 0 Å². The molecule has 4 nitrogen and oxygen atoms in total. The smallest absolute Gasteiger partial charge is 0.317 e. The van der Waals surface area contributed by atoms with Crippen LogP contribution in [0.3, 0.4) is 0 Å². The molecule has 0 aliphatic heterocycles. The van der Waals surface area contributed by atoms with Crippen LogP contribution in [0.15, 0.2) is 28.2 Å². The van der Waals surface area contributed by atoms with Gasteiger partial charge in [-0.3, -0.25) is 4.84 Å². The van der Waals surface area contributed by atoms with Gasteiger partial charge in [-0.25, -0.2) is 0 Å². The Kier molecular flexibility index (Phi) is 1.27. The minimum absolute atomic E-state index is 0.111. The molecule has 0 aliphatic rings. The molecule has 42 valence electrons. The Morgan fingerprint density at radius 2 is 2.62 bits per heavy atom. The molecule has 0 aliphatic carbocycles. The third kappa shape index (κ3) is 0.841. The monoisotopic (exact) mass is 113 g/mol. The molecule has 0 saturated heterocycles. The van der Waals surface area contributed by atoms with Crippen molar-refractivity contribution in [3.8, 4) is 5.95 Å². The highest BCUT2D eigenvalue weighted by molar-refractivity contribution is 5.03. The normalized spacial score (nSPS) is 8.50. The van der Waals surface area contributed by atoms with Gasteiger partial charge in [0.05, 0.1) is 6.26 Å². The molecule has 0 radical (unpaired) electrons. The minimum atomic E-state index is 0.111. The van der Waals surface area contributed by atoms with Gasteiger partial charge in [-0.15, -0.1) is 4.91 Å². The van der Waals surface area contributed by atoms with E-state index in [4.69, 9.17) is 0 Å². The van der Waals surface area contributed by atoms with Crippen molar-refractivity contribution in [2.24, 2.45) is 5.34 Å². The molecule has 0 saturated carbocycles. The first-order chi connectivity index (χ1) is 3.93. The summed E-state index contributed by atoms with van der Waals surface area (Å²) in [4.78, 5) is 13.4. The van der Waals surface area contributed by atoms with Crippen LogP contribution < -0.4 is 4.84 Å². The predicted octanol–water partition coefficient (Wildman–Crippen LogP) is 1.34. The maximum atomic E-state index is 9.34. The zero-order valence-corrected chi connectivity index (χ0v) is 3.90. The maximum Gasteiger partial charge on any atom is 0.317 e. The molecule has 8 heavy (non-hydrogen) atoms. The lowest BCUT2D eigenvalue weighted by Crippen LogP contribution is -1.72. The SMILES string of the molecule is O=NOc1ccco1. The molecule has 1 aromatic heterocycles. The molecule has 0 bridgehead atoms. The highest BCUT2D eigenvalue weighted by atomic mass is 16.8. The molecular weight excluding hydrogens is 110 g/mol. The van der Waals surface area contributed by atoms with Crippen molar-refractivity contribution in [1.29, 1.82) is 0 Å². The van der Waals surface area contributed by atoms with E-state index in [1.807, 2.05) is 0 Å². The van der Waals surface area contributed by atoms with Crippen molar-refractivity contribution in [1.82, 2.24) is 0 Å². The van der Waals surface area contributed by atoms with Gasteiger partial charge >= 0.3 is 5.95 Å². The standard InChI is InChI=1S/C4H3NO3/c6-5-8-4-2-1-3-7-4/h1-3H. The molecule has 0 spiro atoms. The summed E-state index contributed by atoms with van der Waals surface area (Å²) < 4.78 is 4.56. The largest absolute Gasteiger partial charge is 0.433 e. The van der Waals surface area contributed by atoms with Crippen LogP contribution in [0.2, 0.25) is 0 Å². The Balaban J connectivity index is 2.62. The van der Waals surface area contributed by atoms with E-state index in [0.29, 0.717) is 0 Å². The number of rotatable bonds is 2. The van der Waals surface area contributed by atoms with Gasteiger partial charge in [-0.2, -0.15) is 0 Å². The van der Waals surface area contributed by atoms with Crippen LogP contribution in [-0.4, -0.2) is 0 Å². The molecule has 4 heteroatoms. The van der Waals surface area contributed by atoms with E-state index in [9.17, 15) is 4.91 Å². The maximum absolute atomic E-state index is 9.34. The second kappa shape index (κ2) is 2.11. The fraction of sp³-hybridized carbons (Fsp3) is 0. The van der Waals surface area contributed by atoms with Crippen LogP contribution in [0.1, 0.15) is 0 Å². The van der Waals surface area contributed by atoms with Crippen LogP contribution in [0.25, 0.3) is 0 Å². The van der Waals surface area contributed by atoms with Crippen LogP contribution in [0.5, 0.6) is 5.95 Å². The molecule has 0 unspecified atom stereocenters. The summed E-state index contributed by atoms with van der Waals surface area (Å²) in [6, 6.07) is 3.09. The highest BCUT2D eigenvalue weighted by Crippen LogP contribution is 2.08. The summed E-state index contributed by atoms with van der Waals surface area (Å²) in [6.07, 6.45) is 1.39. The molecule has 1 rings (SSSR count). The zero-order chi connectivity index (χ0) is 5.82. The number of hydrogen-bond donors (Lipinski definition) is 0. The lowest BCUT2D eigenvalue weighted by atomic mass is 10.7. The first-order valence-electron chi connectivity index (χ1n) is 1.96. The molecule has 0 fully saturated rings. The Morgan fingerprint density at radius 1 is 1.75 bits per heavy atom.